The number of fused-ring (bicyclic) bond motifs is 1. The van der Waals surface area contributed by atoms with Crippen molar-refractivity contribution in [2.45, 2.75) is 13.1 Å². The maximum atomic E-state index is 12.9. The summed E-state index contributed by atoms with van der Waals surface area (Å²) >= 11 is 0. The Morgan fingerprint density at radius 1 is 0.838 bits per heavy atom. The van der Waals surface area contributed by atoms with E-state index >= 15 is 0 Å². The van der Waals surface area contributed by atoms with Crippen LogP contribution >= 0.6 is 0 Å². The van der Waals surface area contributed by atoms with E-state index in [0.717, 1.165) is 28.8 Å². The molecular weight excluding hydrogens is 481 g/mol. The monoisotopic (exact) mass is 500 g/mol. The number of oxazole rings is 1. The summed E-state index contributed by atoms with van der Waals surface area (Å²) in [4.78, 5) is 8.99. The van der Waals surface area contributed by atoms with Gasteiger partial charge in [0.05, 0.1) is 22.6 Å². The zero-order valence-electron chi connectivity index (χ0n) is 19.4. The van der Waals surface area contributed by atoms with Crippen molar-refractivity contribution < 1.29 is 22.7 Å². The Morgan fingerprint density at radius 2 is 1.59 bits per heavy atom. The Kier molecular flexibility index (Phi) is 6.27. The van der Waals surface area contributed by atoms with Gasteiger partial charge in [0.15, 0.2) is 5.58 Å². The maximum Gasteiger partial charge on any atom is 0.416 e. The average Bonchev–Trinajstić information content (AvgIpc) is 3.31. The summed E-state index contributed by atoms with van der Waals surface area (Å²) in [6.45, 7) is 1.99. The number of aromatic hydroxyl groups is 1. The van der Waals surface area contributed by atoms with Gasteiger partial charge in [-0.2, -0.15) is 23.4 Å². The molecule has 0 saturated carbocycles. The number of alkyl halides is 3. The molecule has 5 aromatic rings. The van der Waals surface area contributed by atoms with Crippen LogP contribution in [0.25, 0.3) is 22.6 Å². The highest BCUT2D eigenvalue weighted by Gasteiger charge is 2.30. The first-order valence-corrected chi connectivity index (χ1v) is 11.2. The van der Waals surface area contributed by atoms with Gasteiger partial charge in [0.2, 0.25) is 5.89 Å². The molecule has 37 heavy (non-hydrogen) atoms. The molecular formula is C28H19F3N4O2. The molecule has 0 aliphatic carbocycles. The SMILES string of the molecule is Cc1ccc2oc(-c3cccc(N=Cc4cc(N=Nc5cccc(C(F)(F)F)c5)ccc4O)c3)nc2c1. The quantitative estimate of drug-likeness (QED) is 0.193. The number of halogens is 3. The number of benzene rings is 4. The van der Waals surface area contributed by atoms with E-state index in [-0.39, 0.29) is 11.4 Å². The zero-order chi connectivity index (χ0) is 26.0. The summed E-state index contributed by atoms with van der Waals surface area (Å²) in [6.07, 6.45) is -3.00. The third kappa shape index (κ3) is 5.56. The van der Waals surface area contributed by atoms with Crippen molar-refractivity contribution in [3.05, 3.63) is 102 Å². The maximum absolute atomic E-state index is 12.9. The number of nitrogens with zero attached hydrogens (tertiary/aromatic N) is 4. The van der Waals surface area contributed by atoms with E-state index in [9.17, 15) is 18.3 Å². The second kappa shape index (κ2) is 9.69. The molecule has 0 aliphatic heterocycles. The lowest BCUT2D eigenvalue weighted by atomic mass is 10.2. The largest absolute Gasteiger partial charge is 0.507 e. The van der Waals surface area contributed by atoms with Crippen molar-refractivity contribution in [3.8, 4) is 17.2 Å². The predicted molar refractivity (Wildman–Crippen MR) is 135 cm³/mol. The van der Waals surface area contributed by atoms with Crippen molar-refractivity contribution in [1.82, 2.24) is 4.98 Å². The van der Waals surface area contributed by atoms with Crippen LogP contribution in [-0.4, -0.2) is 16.3 Å². The summed E-state index contributed by atoms with van der Waals surface area (Å²) in [6, 6.07) is 22.1. The van der Waals surface area contributed by atoms with Gasteiger partial charge >= 0.3 is 6.18 Å². The fourth-order valence-electron chi connectivity index (χ4n) is 3.59. The first-order chi connectivity index (χ1) is 17.7. The molecule has 0 saturated heterocycles. The molecule has 1 N–H and O–H groups in total. The molecule has 9 heteroatoms. The highest BCUT2D eigenvalue weighted by Crippen LogP contribution is 2.32. The Hall–Kier alpha value is -4.79. The fourth-order valence-corrected chi connectivity index (χ4v) is 3.59. The number of phenolic OH excluding ortho intramolecular Hbond substituents is 1. The van der Waals surface area contributed by atoms with Crippen LogP contribution < -0.4 is 0 Å². The Labute approximate surface area is 209 Å². The van der Waals surface area contributed by atoms with Crippen LogP contribution in [0.4, 0.5) is 30.2 Å². The lowest BCUT2D eigenvalue weighted by Gasteiger charge is -2.06. The molecule has 0 fully saturated rings. The Balaban J connectivity index is 1.37. The van der Waals surface area contributed by atoms with Crippen LogP contribution in [0.3, 0.4) is 0 Å². The van der Waals surface area contributed by atoms with Gasteiger partial charge in [-0.25, -0.2) is 4.98 Å². The molecule has 0 atom stereocenters. The van der Waals surface area contributed by atoms with Crippen molar-refractivity contribution in [2.75, 3.05) is 0 Å². The molecule has 0 aliphatic rings. The zero-order valence-corrected chi connectivity index (χ0v) is 19.4. The molecule has 0 bridgehead atoms. The normalized spacial score (nSPS) is 12.2. The van der Waals surface area contributed by atoms with E-state index < -0.39 is 11.7 Å². The van der Waals surface area contributed by atoms with Crippen molar-refractivity contribution in [1.29, 1.82) is 0 Å². The molecule has 4 aromatic carbocycles. The van der Waals surface area contributed by atoms with E-state index in [1.807, 2.05) is 43.3 Å². The molecule has 0 radical (unpaired) electrons. The third-order valence-electron chi connectivity index (χ3n) is 5.45. The summed E-state index contributed by atoms with van der Waals surface area (Å²) in [5.41, 5.74) is 3.85. The number of hydrogen-bond donors (Lipinski definition) is 1. The van der Waals surface area contributed by atoms with Crippen molar-refractivity contribution in [3.63, 3.8) is 0 Å². The standard InChI is InChI=1S/C28H19F3N4O2/c1-17-8-11-26-24(12-17)33-27(37-26)18-4-2-6-21(13-18)32-16-19-14-23(9-10-25(19)36)35-34-22-7-3-5-20(15-22)28(29,30)31/h2-16,36H,1H3. The second-order valence-corrected chi connectivity index (χ2v) is 8.29. The third-order valence-corrected chi connectivity index (χ3v) is 5.45. The molecule has 0 spiro atoms. The molecule has 1 aromatic heterocycles. The Bertz CT molecular complexity index is 1660. The average molecular weight is 500 g/mol. The summed E-state index contributed by atoms with van der Waals surface area (Å²) < 4.78 is 44.6. The van der Waals surface area contributed by atoms with E-state index in [1.165, 1.54) is 36.5 Å². The number of phenols is 1. The fraction of sp³-hybridized carbons (Fsp3) is 0.0714. The lowest BCUT2D eigenvalue weighted by molar-refractivity contribution is -0.137. The van der Waals surface area contributed by atoms with E-state index in [0.29, 0.717) is 28.4 Å². The molecule has 6 nitrogen and oxygen atoms in total. The van der Waals surface area contributed by atoms with Gasteiger partial charge < -0.3 is 9.52 Å². The highest BCUT2D eigenvalue weighted by atomic mass is 19.4. The lowest BCUT2D eigenvalue weighted by Crippen LogP contribution is -2.03. The van der Waals surface area contributed by atoms with Crippen LogP contribution in [0, 0.1) is 6.92 Å². The van der Waals surface area contributed by atoms with E-state index in [1.54, 1.807) is 6.07 Å². The van der Waals surface area contributed by atoms with Gasteiger partial charge in [-0.1, -0.05) is 18.2 Å². The smallest absolute Gasteiger partial charge is 0.416 e. The van der Waals surface area contributed by atoms with Gasteiger partial charge in [0.25, 0.3) is 0 Å². The summed E-state index contributed by atoms with van der Waals surface area (Å²) in [5, 5.41) is 18.1. The van der Waals surface area contributed by atoms with Crippen LogP contribution in [-0.2, 0) is 6.18 Å². The van der Waals surface area contributed by atoms with E-state index in [2.05, 4.69) is 20.2 Å². The van der Waals surface area contributed by atoms with Crippen LogP contribution in [0.5, 0.6) is 5.75 Å². The van der Waals surface area contributed by atoms with Gasteiger partial charge in [-0.15, -0.1) is 0 Å². The molecule has 184 valence electrons. The number of hydrogen-bond acceptors (Lipinski definition) is 6. The van der Waals surface area contributed by atoms with Gasteiger partial charge in [0.1, 0.15) is 11.3 Å². The highest BCUT2D eigenvalue weighted by molar-refractivity contribution is 5.87. The number of aryl methyl sites for hydroxylation is 1. The molecule has 1 heterocycles. The van der Waals surface area contributed by atoms with Gasteiger partial charge in [-0.3, -0.25) is 4.99 Å². The Morgan fingerprint density at radius 3 is 2.41 bits per heavy atom. The first-order valence-electron chi connectivity index (χ1n) is 11.2. The second-order valence-electron chi connectivity index (χ2n) is 8.29. The minimum atomic E-state index is -4.47. The first kappa shape index (κ1) is 23.9. The predicted octanol–water partition coefficient (Wildman–Crippen LogP) is 8.69. The number of azo groups is 1. The summed E-state index contributed by atoms with van der Waals surface area (Å²) in [5.74, 6) is 0.435. The number of rotatable bonds is 5. The van der Waals surface area contributed by atoms with Crippen LogP contribution in [0.2, 0.25) is 0 Å². The number of aromatic nitrogens is 1. The number of aliphatic imine (C=N–C) groups is 1. The van der Waals surface area contributed by atoms with Crippen molar-refractivity contribution >= 4 is 34.4 Å². The van der Waals surface area contributed by atoms with Gasteiger partial charge in [-0.05, 0) is 79.2 Å². The van der Waals surface area contributed by atoms with E-state index in [4.69, 9.17) is 4.42 Å². The molecule has 0 amide bonds. The molecule has 5 rings (SSSR count). The van der Waals surface area contributed by atoms with Gasteiger partial charge in [0, 0.05) is 17.3 Å². The summed E-state index contributed by atoms with van der Waals surface area (Å²) in [7, 11) is 0. The minimum absolute atomic E-state index is 0.0350. The molecule has 0 unspecified atom stereocenters. The van der Waals surface area contributed by atoms with Crippen molar-refractivity contribution in [2.24, 2.45) is 15.2 Å². The van der Waals surface area contributed by atoms with Crippen LogP contribution in [0.1, 0.15) is 16.7 Å². The van der Waals surface area contributed by atoms with Crippen LogP contribution in [0.15, 0.2) is 105 Å². The topological polar surface area (TPSA) is 83.3 Å². The minimum Gasteiger partial charge on any atom is -0.507 e.